The van der Waals surface area contributed by atoms with Gasteiger partial charge in [-0.15, -0.1) is 11.3 Å². The van der Waals surface area contributed by atoms with Crippen LogP contribution in [0.2, 0.25) is 0 Å². The van der Waals surface area contributed by atoms with Crippen LogP contribution in [-0.4, -0.2) is 54.8 Å². The number of ether oxygens (including phenoxy) is 1. The lowest BCUT2D eigenvalue weighted by Gasteiger charge is -2.20. The van der Waals surface area contributed by atoms with Crippen molar-refractivity contribution in [2.24, 2.45) is 0 Å². The molecule has 0 fully saturated rings. The van der Waals surface area contributed by atoms with Gasteiger partial charge in [0.1, 0.15) is 0 Å². The fraction of sp³-hybridized carbons (Fsp3) is 0.643. The Morgan fingerprint density at radius 2 is 2.30 bits per heavy atom. The van der Waals surface area contributed by atoms with Crippen LogP contribution in [0.25, 0.3) is 0 Å². The van der Waals surface area contributed by atoms with Crippen LogP contribution in [0.4, 0.5) is 0 Å². The van der Waals surface area contributed by atoms with E-state index >= 15 is 0 Å². The predicted molar refractivity (Wildman–Crippen MR) is 80.8 cm³/mol. The molecule has 0 aliphatic rings. The van der Waals surface area contributed by atoms with Gasteiger partial charge in [0.25, 0.3) is 0 Å². The average molecular weight is 300 g/mol. The summed E-state index contributed by atoms with van der Waals surface area (Å²) in [5, 5.41) is 14.7. The molecule has 2 N–H and O–H groups in total. The van der Waals surface area contributed by atoms with Gasteiger partial charge in [0.05, 0.1) is 25.9 Å². The number of hydrogen-bond donors (Lipinski definition) is 2. The topological polar surface area (TPSA) is 61.8 Å². The summed E-state index contributed by atoms with van der Waals surface area (Å²) in [6.45, 7) is 5.33. The van der Waals surface area contributed by atoms with E-state index in [0.717, 1.165) is 4.88 Å². The van der Waals surface area contributed by atoms with E-state index in [4.69, 9.17) is 4.74 Å². The summed E-state index contributed by atoms with van der Waals surface area (Å²) in [6, 6.07) is 4.11. The van der Waals surface area contributed by atoms with Crippen LogP contribution in [0.3, 0.4) is 0 Å². The van der Waals surface area contributed by atoms with E-state index < -0.39 is 6.10 Å². The molecule has 1 atom stereocenters. The summed E-state index contributed by atoms with van der Waals surface area (Å²) in [7, 11) is 1.81. The summed E-state index contributed by atoms with van der Waals surface area (Å²) in [4.78, 5) is 14.5. The number of likely N-dealkylation sites (N-methyl/N-ethyl adjacent to an activating group) is 1. The molecule has 0 aliphatic heterocycles. The van der Waals surface area contributed by atoms with Crippen LogP contribution < -0.4 is 5.32 Å². The molecule has 1 unspecified atom stereocenters. The number of thiophene rings is 1. The normalized spacial score (nSPS) is 12.9. The van der Waals surface area contributed by atoms with Crippen LogP contribution in [0.5, 0.6) is 0 Å². The Kier molecular flexibility index (Phi) is 7.76. The smallest absolute Gasteiger partial charge is 0.234 e. The van der Waals surface area contributed by atoms with E-state index in [9.17, 15) is 9.90 Å². The van der Waals surface area contributed by atoms with Crippen molar-refractivity contribution in [3.8, 4) is 0 Å². The van der Waals surface area contributed by atoms with E-state index in [2.05, 4.69) is 5.32 Å². The fourth-order valence-electron chi connectivity index (χ4n) is 1.78. The van der Waals surface area contributed by atoms with Gasteiger partial charge in [-0.2, -0.15) is 0 Å². The third-order valence-corrected chi connectivity index (χ3v) is 3.37. The quantitative estimate of drug-likeness (QED) is 0.716. The molecular weight excluding hydrogens is 276 g/mol. The van der Waals surface area contributed by atoms with E-state index in [1.165, 1.54) is 0 Å². The number of rotatable bonds is 9. The lowest BCUT2D eigenvalue weighted by Crippen LogP contribution is -2.41. The van der Waals surface area contributed by atoms with Crippen molar-refractivity contribution in [3.63, 3.8) is 0 Å². The third-order valence-electron chi connectivity index (χ3n) is 2.52. The van der Waals surface area contributed by atoms with Gasteiger partial charge in [-0.3, -0.25) is 9.69 Å². The maximum atomic E-state index is 11.6. The van der Waals surface area contributed by atoms with Gasteiger partial charge in [0.15, 0.2) is 0 Å². The lowest BCUT2D eigenvalue weighted by molar-refractivity contribution is -0.122. The minimum Gasteiger partial charge on any atom is -0.389 e. The molecule has 1 rings (SSSR count). The minimum atomic E-state index is -0.591. The molecule has 0 bridgehead atoms. The van der Waals surface area contributed by atoms with Crippen LogP contribution in [0.15, 0.2) is 17.5 Å². The largest absolute Gasteiger partial charge is 0.389 e. The number of hydrogen-bond acceptors (Lipinski definition) is 5. The minimum absolute atomic E-state index is 0.0331. The molecule has 0 saturated carbocycles. The first-order valence-corrected chi connectivity index (χ1v) is 7.61. The second-order valence-electron chi connectivity index (χ2n) is 5.17. The third kappa shape index (κ3) is 7.59. The first-order chi connectivity index (χ1) is 9.47. The van der Waals surface area contributed by atoms with E-state index in [0.29, 0.717) is 13.2 Å². The molecule has 20 heavy (non-hydrogen) atoms. The Hall–Kier alpha value is -0.950. The Morgan fingerprint density at radius 3 is 2.90 bits per heavy atom. The molecule has 1 aromatic rings. The molecule has 0 spiro atoms. The number of nitrogens with zero attached hydrogens (tertiary/aromatic N) is 1. The highest BCUT2D eigenvalue weighted by atomic mass is 32.1. The first kappa shape index (κ1) is 17.1. The van der Waals surface area contributed by atoms with Crippen molar-refractivity contribution >= 4 is 17.2 Å². The molecular formula is C14H24N2O3S. The van der Waals surface area contributed by atoms with Gasteiger partial charge in [-0.25, -0.2) is 0 Å². The molecule has 1 aromatic heterocycles. The number of carbonyl (C=O) groups is 1. The van der Waals surface area contributed by atoms with Crippen molar-refractivity contribution in [2.75, 3.05) is 26.7 Å². The van der Waals surface area contributed by atoms with Gasteiger partial charge in [-0.05, 0) is 32.3 Å². The standard InChI is InChI=1S/C14H24N2O3S/c1-11(2)15-14(18)8-16(3)7-12(17)9-19-10-13-5-4-6-20-13/h4-6,11-12,17H,7-10H2,1-3H3,(H,15,18). The highest BCUT2D eigenvalue weighted by molar-refractivity contribution is 7.09. The maximum absolute atomic E-state index is 11.6. The van der Waals surface area contributed by atoms with E-state index in [1.807, 2.05) is 38.4 Å². The van der Waals surface area contributed by atoms with E-state index in [-0.39, 0.29) is 25.1 Å². The summed E-state index contributed by atoms with van der Waals surface area (Å²) in [5.41, 5.74) is 0. The van der Waals surface area contributed by atoms with Gasteiger partial charge in [-0.1, -0.05) is 6.07 Å². The molecule has 114 valence electrons. The maximum Gasteiger partial charge on any atom is 0.234 e. The zero-order valence-corrected chi connectivity index (χ0v) is 13.2. The summed E-state index contributed by atoms with van der Waals surface area (Å²) in [6.07, 6.45) is -0.591. The number of amides is 1. The predicted octanol–water partition coefficient (Wildman–Crippen LogP) is 1.08. The SMILES string of the molecule is CC(C)NC(=O)CN(C)CC(O)COCc1cccs1. The number of aliphatic hydroxyl groups is 1. The van der Waals surface area contributed by atoms with Crippen molar-refractivity contribution in [1.29, 1.82) is 0 Å². The van der Waals surface area contributed by atoms with Gasteiger partial charge in [0, 0.05) is 17.5 Å². The highest BCUT2D eigenvalue weighted by Gasteiger charge is 2.12. The number of nitrogens with one attached hydrogen (secondary N) is 1. The van der Waals surface area contributed by atoms with Crippen molar-refractivity contribution in [2.45, 2.75) is 32.6 Å². The fourth-order valence-corrected chi connectivity index (χ4v) is 2.42. The zero-order chi connectivity index (χ0) is 15.0. The van der Waals surface area contributed by atoms with Crippen LogP contribution >= 0.6 is 11.3 Å². The Balaban J connectivity index is 2.14. The molecule has 1 heterocycles. The molecule has 6 heteroatoms. The Labute approximate surface area is 124 Å². The summed E-state index contributed by atoms with van der Waals surface area (Å²) >= 11 is 1.63. The molecule has 5 nitrogen and oxygen atoms in total. The summed E-state index contributed by atoms with van der Waals surface area (Å²) < 4.78 is 5.44. The van der Waals surface area contributed by atoms with Crippen molar-refractivity contribution < 1.29 is 14.6 Å². The highest BCUT2D eigenvalue weighted by Crippen LogP contribution is 2.09. The number of carbonyl (C=O) groups excluding carboxylic acids is 1. The molecule has 0 aromatic carbocycles. The molecule has 0 saturated heterocycles. The average Bonchev–Trinajstić information content (AvgIpc) is 2.80. The monoisotopic (exact) mass is 300 g/mol. The second kappa shape index (κ2) is 9.07. The van der Waals surface area contributed by atoms with Gasteiger partial charge < -0.3 is 15.2 Å². The van der Waals surface area contributed by atoms with E-state index in [1.54, 1.807) is 16.2 Å². The first-order valence-electron chi connectivity index (χ1n) is 6.73. The van der Waals surface area contributed by atoms with Gasteiger partial charge >= 0.3 is 0 Å². The number of aliphatic hydroxyl groups excluding tert-OH is 1. The molecule has 1 amide bonds. The lowest BCUT2D eigenvalue weighted by atomic mass is 10.3. The summed E-state index contributed by atoms with van der Waals surface area (Å²) in [5.74, 6) is -0.0331. The molecule has 0 aliphatic carbocycles. The zero-order valence-electron chi connectivity index (χ0n) is 12.3. The van der Waals surface area contributed by atoms with Crippen LogP contribution in [-0.2, 0) is 16.1 Å². The Bertz CT molecular complexity index is 382. The van der Waals surface area contributed by atoms with Crippen LogP contribution in [0.1, 0.15) is 18.7 Å². The van der Waals surface area contributed by atoms with Gasteiger partial charge in [0.2, 0.25) is 5.91 Å². The van der Waals surface area contributed by atoms with Crippen molar-refractivity contribution in [1.82, 2.24) is 10.2 Å². The van der Waals surface area contributed by atoms with Crippen LogP contribution in [0, 0.1) is 0 Å². The van der Waals surface area contributed by atoms with Crippen molar-refractivity contribution in [3.05, 3.63) is 22.4 Å². The Morgan fingerprint density at radius 1 is 1.55 bits per heavy atom. The second-order valence-corrected chi connectivity index (χ2v) is 6.20. The molecule has 0 radical (unpaired) electrons.